The molecule has 0 bridgehead atoms. The predicted octanol–water partition coefficient (Wildman–Crippen LogP) is 3.19. The van der Waals surface area contributed by atoms with Crippen LogP contribution in [-0.2, 0) is 9.53 Å². The highest BCUT2D eigenvalue weighted by atomic mass is 35.5. The molecule has 0 aliphatic heterocycles. The van der Waals surface area contributed by atoms with Crippen molar-refractivity contribution in [2.45, 2.75) is 26.3 Å². The van der Waals surface area contributed by atoms with Gasteiger partial charge in [-0.2, -0.15) is 0 Å². The molecule has 0 saturated heterocycles. The molecule has 1 aliphatic carbocycles. The second kappa shape index (κ2) is 7.94. The van der Waals surface area contributed by atoms with Gasteiger partial charge in [-0.25, -0.2) is 4.79 Å². The van der Waals surface area contributed by atoms with Crippen LogP contribution >= 0.6 is 11.6 Å². The Balaban J connectivity index is 1.86. The first-order valence-corrected chi connectivity index (χ1v) is 9.20. The molecular formula is C21H18ClNO5. The summed E-state index contributed by atoms with van der Waals surface area (Å²) in [5, 5.41) is 2.52. The van der Waals surface area contributed by atoms with E-state index < -0.39 is 24.3 Å². The van der Waals surface area contributed by atoms with Crippen molar-refractivity contribution in [2.75, 3.05) is 6.61 Å². The smallest absolute Gasteiger partial charge is 0.340 e. The van der Waals surface area contributed by atoms with Gasteiger partial charge in [0.2, 0.25) is 0 Å². The third-order valence-electron chi connectivity index (χ3n) is 4.60. The maximum Gasteiger partial charge on any atom is 0.340 e. The molecule has 2 aromatic rings. The number of carbonyl (C=O) groups excluding carboxylic acids is 4. The van der Waals surface area contributed by atoms with Crippen LogP contribution < -0.4 is 5.32 Å². The maximum atomic E-state index is 12.8. The van der Waals surface area contributed by atoms with Crippen molar-refractivity contribution in [3.63, 3.8) is 0 Å². The zero-order chi connectivity index (χ0) is 20.4. The average molecular weight is 400 g/mol. The Morgan fingerprint density at radius 3 is 2.32 bits per heavy atom. The number of rotatable bonds is 5. The number of ether oxygens (including phenoxy) is 1. The number of amides is 1. The van der Waals surface area contributed by atoms with E-state index in [1.807, 2.05) is 13.8 Å². The van der Waals surface area contributed by atoms with E-state index in [9.17, 15) is 19.2 Å². The van der Waals surface area contributed by atoms with Gasteiger partial charge < -0.3 is 10.1 Å². The minimum Gasteiger partial charge on any atom is -0.452 e. The van der Waals surface area contributed by atoms with Crippen LogP contribution in [0.5, 0.6) is 0 Å². The summed E-state index contributed by atoms with van der Waals surface area (Å²) in [6.07, 6.45) is 0.744. The van der Waals surface area contributed by atoms with E-state index in [0.29, 0.717) is 5.56 Å². The van der Waals surface area contributed by atoms with Gasteiger partial charge in [0, 0.05) is 22.7 Å². The quantitative estimate of drug-likeness (QED) is 0.665. The minimum atomic E-state index is -0.841. The molecule has 1 atom stereocenters. The first-order chi connectivity index (χ1) is 13.3. The van der Waals surface area contributed by atoms with Crippen LogP contribution in [0.1, 0.15) is 62.5 Å². The second-order valence-electron chi connectivity index (χ2n) is 6.51. The molecule has 0 radical (unpaired) electrons. The summed E-state index contributed by atoms with van der Waals surface area (Å²) in [6, 6.07) is 9.11. The molecule has 1 unspecified atom stereocenters. The lowest BCUT2D eigenvalue weighted by atomic mass is 9.83. The van der Waals surface area contributed by atoms with Crippen LogP contribution in [0.4, 0.5) is 0 Å². The molecule has 2 aromatic carbocycles. The lowest BCUT2D eigenvalue weighted by Gasteiger charge is -2.19. The standard InChI is InChI=1S/C21H18ClNO5/c1-3-11(2)23-16(24)10-28-21(27)15-9-8-14-17(18(15)22)20(26)13-7-5-4-6-12(13)19(14)25/h4-9,11H,3,10H2,1-2H3,(H,23,24). The largest absolute Gasteiger partial charge is 0.452 e. The van der Waals surface area contributed by atoms with Crippen LogP contribution in [0.2, 0.25) is 5.02 Å². The van der Waals surface area contributed by atoms with E-state index in [0.717, 1.165) is 6.42 Å². The number of carbonyl (C=O) groups is 4. The van der Waals surface area contributed by atoms with Crippen molar-refractivity contribution in [3.05, 3.63) is 69.2 Å². The topological polar surface area (TPSA) is 89.5 Å². The van der Waals surface area contributed by atoms with E-state index in [2.05, 4.69) is 5.32 Å². The molecule has 7 heteroatoms. The van der Waals surface area contributed by atoms with Gasteiger partial charge in [-0.1, -0.05) is 42.8 Å². The fourth-order valence-corrected chi connectivity index (χ4v) is 3.26. The fourth-order valence-electron chi connectivity index (χ4n) is 2.93. The molecule has 28 heavy (non-hydrogen) atoms. The second-order valence-corrected chi connectivity index (χ2v) is 6.88. The molecule has 0 saturated carbocycles. The van der Waals surface area contributed by atoms with E-state index in [-0.39, 0.29) is 39.1 Å². The molecule has 1 N–H and O–H groups in total. The number of benzene rings is 2. The Labute approximate surface area is 166 Å². The highest BCUT2D eigenvalue weighted by Crippen LogP contribution is 2.34. The molecule has 144 valence electrons. The monoisotopic (exact) mass is 399 g/mol. The lowest BCUT2D eigenvalue weighted by molar-refractivity contribution is -0.124. The predicted molar refractivity (Wildman–Crippen MR) is 103 cm³/mol. The summed E-state index contributed by atoms with van der Waals surface area (Å²) in [6.45, 7) is 3.28. The van der Waals surface area contributed by atoms with Gasteiger partial charge in [0.1, 0.15) is 0 Å². The van der Waals surface area contributed by atoms with Crippen LogP contribution in [0.25, 0.3) is 0 Å². The van der Waals surface area contributed by atoms with Gasteiger partial charge in [0.25, 0.3) is 5.91 Å². The number of fused-ring (bicyclic) bond motifs is 2. The molecule has 0 aromatic heterocycles. The first kappa shape index (κ1) is 19.8. The molecule has 3 rings (SSSR count). The summed E-state index contributed by atoms with van der Waals surface area (Å²) in [7, 11) is 0. The number of halogens is 1. The number of esters is 1. The summed E-state index contributed by atoms with van der Waals surface area (Å²) in [5.41, 5.74) is 0.578. The van der Waals surface area contributed by atoms with Crippen LogP contribution in [0.15, 0.2) is 36.4 Å². The van der Waals surface area contributed by atoms with Crippen molar-refractivity contribution < 1.29 is 23.9 Å². The van der Waals surface area contributed by atoms with Crippen molar-refractivity contribution in [1.29, 1.82) is 0 Å². The highest BCUT2D eigenvalue weighted by Gasteiger charge is 2.33. The Morgan fingerprint density at radius 2 is 1.68 bits per heavy atom. The highest BCUT2D eigenvalue weighted by molar-refractivity contribution is 6.41. The van der Waals surface area contributed by atoms with Gasteiger partial charge in [0.15, 0.2) is 18.2 Å². The van der Waals surface area contributed by atoms with Crippen molar-refractivity contribution >= 4 is 35.0 Å². The van der Waals surface area contributed by atoms with Crippen LogP contribution in [0, 0.1) is 0 Å². The van der Waals surface area contributed by atoms with Crippen molar-refractivity contribution in [3.8, 4) is 0 Å². The zero-order valence-electron chi connectivity index (χ0n) is 15.4. The summed E-state index contributed by atoms with van der Waals surface area (Å²) >= 11 is 6.30. The van der Waals surface area contributed by atoms with Crippen LogP contribution in [-0.4, -0.2) is 36.1 Å². The van der Waals surface area contributed by atoms with Crippen molar-refractivity contribution in [1.82, 2.24) is 5.32 Å². The number of hydrogen-bond donors (Lipinski definition) is 1. The molecule has 1 amide bonds. The summed E-state index contributed by atoms with van der Waals surface area (Å²) in [5.74, 6) is -2.04. The molecule has 0 heterocycles. The van der Waals surface area contributed by atoms with Crippen LogP contribution in [0.3, 0.4) is 0 Å². The SMILES string of the molecule is CCC(C)NC(=O)COC(=O)c1ccc2c(c1Cl)C(=O)c1ccccc1C2=O. The molecule has 1 aliphatic rings. The summed E-state index contributed by atoms with van der Waals surface area (Å²) in [4.78, 5) is 49.6. The van der Waals surface area contributed by atoms with E-state index in [4.69, 9.17) is 16.3 Å². The molecule has 0 fully saturated rings. The zero-order valence-corrected chi connectivity index (χ0v) is 16.1. The number of ketones is 2. The lowest BCUT2D eigenvalue weighted by Crippen LogP contribution is -2.35. The van der Waals surface area contributed by atoms with E-state index >= 15 is 0 Å². The molecular weight excluding hydrogens is 382 g/mol. The average Bonchev–Trinajstić information content (AvgIpc) is 2.69. The molecule has 6 nitrogen and oxygen atoms in total. The normalized spacial score (nSPS) is 13.4. The van der Waals surface area contributed by atoms with Gasteiger partial charge in [-0.3, -0.25) is 14.4 Å². The Hall–Kier alpha value is -2.99. The van der Waals surface area contributed by atoms with Gasteiger partial charge in [0.05, 0.1) is 16.1 Å². The third kappa shape index (κ3) is 3.55. The number of nitrogens with one attached hydrogen (secondary N) is 1. The maximum absolute atomic E-state index is 12.8. The van der Waals surface area contributed by atoms with E-state index in [1.54, 1.807) is 24.3 Å². The fraction of sp³-hybridized carbons (Fsp3) is 0.238. The van der Waals surface area contributed by atoms with Gasteiger partial charge in [-0.05, 0) is 25.5 Å². The Morgan fingerprint density at radius 1 is 1.04 bits per heavy atom. The summed E-state index contributed by atoms with van der Waals surface area (Å²) < 4.78 is 5.01. The minimum absolute atomic E-state index is 0.0242. The molecule has 0 spiro atoms. The number of hydrogen-bond acceptors (Lipinski definition) is 5. The van der Waals surface area contributed by atoms with E-state index in [1.165, 1.54) is 12.1 Å². The van der Waals surface area contributed by atoms with Crippen molar-refractivity contribution in [2.24, 2.45) is 0 Å². The third-order valence-corrected chi connectivity index (χ3v) is 5.00. The van der Waals surface area contributed by atoms with Gasteiger partial charge >= 0.3 is 5.97 Å². The van der Waals surface area contributed by atoms with Gasteiger partial charge in [-0.15, -0.1) is 0 Å². The Kier molecular flexibility index (Phi) is 5.61. The Bertz CT molecular complexity index is 998. The first-order valence-electron chi connectivity index (χ1n) is 8.82.